The predicted molar refractivity (Wildman–Crippen MR) is 193 cm³/mol. The predicted octanol–water partition coefficient (Wildman–Crippen LogP) is 6.82. The first-order chi connectivity index (χ1) is 23.0. The van der Waals surface area contributed by atoms with Gasteiger partial charge < -0.3 is 19.9 Å². The first-order valence-corrected chi connectivity index (χ1v) is 18.5. The van der Waals surface area contributed by atoms with Crippen LogP contribution in [-0.2, 0) is 19.6 Å². The number of likely N-dealkylation sites (tertiary alicyclic amines) is 2. The molecular weight excluding hydrogens is 664 g/mol. The van der Waals surface area contributed by atoms with E-state index in [0.717, 1.165) is 0 Å². The zero-order valence-electron chi connectivity index (χ0n) is 29.0. The van der Waals surface area contributed by atoms with Crippen molar-refractivity contribution < 1.29 is 27.5 Å². The Labute approximate surface area is 296 Å². The molecule has 49 heavy (non-hydrogen) atoms. The summed E-state index contributed by atoms with van der Waals surface area (Å²) in [6.07, 6.45) is 6.33. The number of amides is 3. The van der Waals surface area contributed by atoms with E-state index in [-0.39, 0.29) is 40.6 Å². The number of ether oxygens (including phenoxy) is 1. The van der Waals surface area contributed by atoms with E-state index in [0.29, 0.717) is 63.8 Å². The Morgan fingerprint density at radius 1 is 0.980 bits per heavy atom. The maximum absolute atomic E-state index is 14.3. The molecule has 3 amide bonds. The molecule has 2 heterocycles. The summed E-state index contributed by atoms with van der Waals surface area (Å²) >= 11 is 6.48. The number of carbonyl (C=O) groups excluding carboxylic acids is 3. The summed E-state index contributed by atoms with van der Waals surface area (Å²) in [6.45, 7) is 16.7. The van der Waals surface area contributed by atoms with Gasteiger partial charge in [0.1, 0.15) is 5.60 Å². The number of nitrogens with zero attached hydrogens (tertiary/aromatic N) is 3. The van der Waals surface area contributed by atoms with E-state index in [1.54, 1.807) is 41.3 Å². The van der Waals surface area contributed by atoms with Crippen molar-refractivity contribution in [3.05, 3.63) is 84.4 Å². The van der Waals surface area contributed by atoms with Crippen molar-refractivity contribution in [1.82, 2.24) is 15.1 Å². The molecule has 0 spiro atoms. The maximum atomic E-state index is 14.3. The molecule has 2 aromatic carbocycles. The van der Waals surface area contributed by atoms with Gasteiger partial charge in [-0.2, -0.15) is 0 Å². The molecule has 12 heteroatoms. The van der Waals surface area contributed by atoms with E-state index >= 15 is 0 Å². The van der Waals surface area contributed by atoms with Gasteiger partial charge in [-0.15, -0.1) is 13.2 Å². The SMILES string of the molecule is C=CCN(c1ccccc1)S(=O)(=O)c1ccc(Cl)c(C(=O)NC2(C)CCCN(C(=O)C3(CC=C)CCCN(C(=O)OC(C)(C)C)CC3)C2)c1. The average molecular weight is 713 g/mol. The van der Waals surface area contributed by atoms with E-state index in [9.17, 15) is 22.8 Å². The number of para-hydroxylation sites is 1. The lowest BCUT2D eigenvalue weighted by atomic mass is 9.75. The molecule has 10 nitrogen and oxygen atoms in total. The van der Waals surface area contributed by atoms with Gasteiger partial charge in [0.15, 0.2) is 0 Å². The number of allylic oxidation sites excluding steroid dienone is 1. The Kier molecular flexibility index (Phi) is 11.9. The number of carbonyl (C=O) groups is 3. The molecule has 2 fully saturated rings. The van der Waals surface area contributed by atoms with Crippen LogP contribution in [0.25, 0.3) is 0 Å². The highest BCUT2D eigenvalue weighted by Gasteiger charge is 2.45. The fourth-order valence-electron chi connectivity index (χ4n) is 6.70. The molecule has 2 aliphatic rings. The van der Waals surface area contributed by atoms with Crippen LogP contribution >= 0.6 is 11.6 Å². The smallest absolute Gasteiger partial charge is 0.410 e. The summed E-state index contributed by atoms with van der Waals surface area (Å²) in [7, 11) is -4.07. The quantitative estimate of drug-likeness (QED) is 0.271. The normalized spacial score (nSPS) is 21.7. The maximum Gasteiger partial charge on any atom is 0.410 e. The number of hydrogen-bond acceptors (Lipinski definition) is 6. The minimum absolute atomic E-state index is 0.0204. The van der Waals surface area contributed by atoms with Crippen LogP contribution in [0.15, 0.2) is 78.7 Å². The van der Waals surface area contributed by atoms with E-state index in [1.165, 1.54) is 28.6 Å². The first-order valence-electron chi connectivity index (χ1n) is 16.7. The third-order valence-corrected chi connectivity index (χ3v) is 11.2. The molecule has 2 saturated heterocycles. The van der Waals surface area contributed by atoms with Crippen molar-refractivity contribution in [2.45, 2.75) is 82.3 Å². The van der Waals surface area contributed by atoms with Crippen molar-refractivity contribution in [3.8, 4) is 0 Å². The molecule has 2 atom stereocenters. The van der Waals surface area contributed by atoms with Crippen LogP contribution in [-0.4, -0.2) is 80.0 Å². The van der Waals surface area contributed by atoms with Crippen LogP contribution in [0.1, 0.15) is 76.6 Å². The Balaban J connectivity index is 1.52. The highest BCUT2D eigenvalue weighted by molar-refractivity contribution is 7.92. The van der Waals surface area contributed by atoms with Gasteiger partial charge >= 0.3 is 6.09 Å². The Bertz CT molecular complexity index is 1660. The molecule has 0 radical (unpaired) electrons. The summed E-state index contributed by atoms with van der Waals surface area (Å²) < 4.78 is 34.4. The summed E-state index contributed by atoms with van der Waals surface area (Å²) in [5.41, 5.74) is -1.67. The van der Waals surface area contributed by atoms with E-state index in [4.69, 9.17) is 16.3 Å². The second-order valence-electron chi connectivity index (χ2n) is 14.2. The van der Waals surface area contributed by atoms with Gasteiger partial charge in [-0.05, 0) is 96.6 Å². The minimum atomic E-state index is -4.07. The molecule has 0 aromatic heterocycles. The van der Waals surface area contributed by atoms with Crippen molar-refractivity contribution >= 4 is 45.2 Å². The topological polar surface area (TPSA) is 116 Å². The summed E-state index contributed by atoms with van der Waals surface area (Å²) in [6, 6.07) is 12.7. The number of rotatable bonds is 10. The second kappa shape index (κ2) is 15.4. The van der Waals surface area contributed by atoms with Gasteiger partial charge in [0.25, 0.3) is 15.9 Å². The number of halogens is 1. The lowest BCUT2D eigenvalue weighted by molar-refractivity contribution is -0.145. The fourth-order valence-corrected chi connectivity index (χ4v) is 8.36. The van der Waals surface area contributed by atoms with Crippen molar-refractivity contribution in [2.75, 3.05) is 37.0 Å². The zero-order valence-corrected chi connectivity index (χ0v) is 30.6. The third kappa shape index (κ3) is 9.05. The van der Waals surface area contributed by atoms with Crippen LogP contribution in [0, 0.1) is 5.41 Å². The first kappa shape index (κ1) is 38.0. The Morgan fingerprint density at radius 3 is 2.31 bits per heavy atom. The summed E-state index contributed by atoms with van der Waals surface area (Å²) in [4.78, 5) is 44.4. The Morgan fingerprint density at radius 2 is 1.65 bits per heavy atom. The lowest BCUT2D eigenvalue weighted by Crippen LogP contribution is -2.60. The van der Waals surface area contributed by atoms with Crippen LogP contribution in [0.2, 0.25) is 5.02 Å². The fraction of sp³-hybridized carbons (Fsp3) is 0.486. The minimum Gasteiger partial charge on any atom is -0.444 e. The molecule has 2 unspecified atom stereocenters. The van der Waals surface area contributed by atoms with E-state index in [2.05, 4.69) is 18.5 Å². The van der Waals surface area contributed by atoms with Gasteiger partial charge in [0.05, 0.1) is 38.7 Å². The number of sulfonamides is 1. The summed E-state index contributed by atoms with van der Waals surface area (Å²) in [5.74, 6) is -0.551. The molecular formula is C37H49ClN4O6S. The van der Waals surface area contributed by atoms with Crippen molar-refractivity contribution in [1.29, 1.82) is 0 Å². The van der Waals surface area contributed by atoms with Crippen LogP contribution in [0.4, 0.5) is 10.5 Å². The van der Waals surface area contributed by atoms with Gasteiger partial charge in [0, 0.05) is 26.2 Å². The molecule has 0 bridgehead atoms. The largest absolute Gasteiger partial charge is 0.444 e. The van der Waals surface area contributed by atoms with Crippen LogP contribution in [0.3, 0.4) is 0 Å². The second-order valence-corrected chi connectivity index (χ2v) is 16.5. The van der Waals surface area contributed by atoms with E-state index in [1.807, 2.05) is 32.6 Å². The number of piperidine rings is 1. The summed E-state index contributed by atoms with van der Waals surface area (Å²) in [5, 5.41) is 3.18. The third-order valence-electron chi connectivity index (χ3n) is 9.09. The zero-order chi connectivity index (χ0) is 36.0. The average Bonchev–Trinajstić information content (AvgIpc) is 3.26. The monoisotopic (exact) mass is 712 g/mol. The highest BCUT2D eigenvalue weighted by atomic mass is 35.5. The lowest BCUT2D eigenvalue weighted by Gasteiger charge is -2.45. The van der Waals surface area contributed by atoms with Crippen LogP contribution < -0.4 is 9.62 Å². The molecule has 1 N–H and O–H groups in total. The number of hydrogen-bond donors (Lipinski definition) is 1. The van der Waals surface area contributed by atoms with Crippen molar-refractivity contribution in [3.63, 3.8) is 0 Å². The number of benzene rings is 2. The van der Waals surface area contributed by atoms with Crippen molar-refractivity contribution in [2.24, 2.45) is 5.41 Å². The van der Waals surface area contributed by atoms with E-state index < -0.39 is 32.5 Å². The van der Waals surface area contributed by atoms with Gasteiger partial charge in [0.2, 0.25) is 5.91 Å². The number of nitrogens with one attached hydrogen (secondary N) is 1. The Hall–Kier alpha value is -3.83. The molecule has 4 rings (SSSR count). The highest BCUT2D eigenvalue weighted by Crippen LogP contribution is 2.39. The molecule has 0 saturated carbocycles. The van der Waals surface area contributed by atoms with Crippen LogP contribution in [0.5, 0.6) is 0 Å². The van der Waals surface area contributed by atoms with Gasteiger partial charge in [-0.3, -0.25) is 13.9 Å². The van der Waals surface area contributed by atoms with Gasteiger partial charge in [-0.1, -0.05) is 42.0 Å². The molecule has 2 aromatic rings. The standard InChI is InChI=1S/C37H49ClN4O6S/c1-7-18-37(20-13-23-40(25-21-37)34(45)48-35(3,4)5)33(44)41-24-12-19-36(6,27-41)39-32(43)30-26-29(16-17-31(30)38)49(46,47)42(22-8-2)28-14-10-9-11-15-28/h7-11,14-17,26H,1-2,12-13,18-25,27H2,3-6H3,(H,39,43). The molecule has 266 valence electrons. The van der Waals surface area contributed by atoms with Gasteiger partial charge in [-0.25, -0.2) is 13.2 Å². The molecule has 0 aliphatic carbocycles. The number of anilines is 1. The molecule has 2 aliphatic heterocycles.